The molecule has 1 saturated heterocycles. The van der Waals surface area contributed by atoms with E-state index in [1.807, 2.05) is 0 Å². The van der Waals surface area contributed by atoms with Crippen LogP contribution in [0.1, 0.15) is 38.2 Å². The van der Waals surface area contributed by atoms with Crippen molar-refractivity contribution < 1.29 is 22.8 Å². The molecule has 1 aliphatic rings. The lowest BCUT2D eigenvalue weighted by molar-refractivity contribution is -0.201. The van der Waals surface area contributed by atoms with Gasteiger partial charge in [0.1, 0.15) is 0 Å². The van der Waals surface area contributed by atoms with Gasteiger partial charge < -0.3 is 4.74 Å². The maximum absolute atomic E-state index is 12.8. The number of nitrogens with one attached hydrogen (secondary N) is 1. The molecule has 1 aliphatic heterocycles. The summed E-state index contributed by atoms with van der Waals surface area (Å²) in [6.07, 6.45) is 8.14. The number of amides is 1. The second-order valence-electron chi connectivity index (χ2n) is 7.44. The zero-order chi connectivity index (χ0) is 21.9. The second-order valence-corrected chi connectivity index (χ2v) is 10.9. The lowest BCUT2D eigenvalue weighted by Gasteiger charge is -2.28. The van der Waals surface area contributed by atoms with Gasteiger partial charge in [-0.25, -0.2) is 18.7 Å². The Morgan fingerprint density at radius 3 is 2.87 bits per heavy atom. The summed E-state index contributed by atoms with van der Waals surface area (Å²) in [6, 6.07) is 5.17. The van der Waals surface area contributed by atoms with Gasteiger partial charge in [0.2, 0.25) is 0 Å². The van der Waals surface area contributed by atoms with Gasteiger partial charge in [-0.1, -0.05) is 17.3 Å². The number of aromatic nitrogens is 1. The maximum Gasteiger partial charge on any atom is 0.308 e. The van der Waals surface area contributed by atoms with Gasteiger partial charge in [0, 0.05) is 31.4 Å². The second kappa shape index (κ2) is 8.89. The minimum atomic E-state index is -3.82. The van der Waals surface area contributed by atoms with E-state index < -0.39 is 26.8 Å². The largest absolute Gasteiger partial charge is 0.350 e. The van der Waals surface area contributed by atoms with Gasteiger partial charge in [-0.15, -0.1) is 6.42 Å². The number of ether oxygens (including phenoxy) is 1. The molecule has 1 amide bonds. The van der Waals surface area contributed by atoms with Gasteiger partial charge in [0.15, 0.2) is 20.9 Å². The first kappa shape index (κ1) is 22.5. The molecule has 0 spiro atoms. The van der Waals surface area contributed by atoms with Crippen LogP contribution in [-0.2, 0) is 30.8 Å². The number of rotatable bonds is 7. The van der Waals surface area contributed by atoms with Crippen molar-refractivity contribution in [2.75, 3.05) is 12.9 Å². The molecule has 3 rings (SSSR count). The maximum atomic E-state index is 12.8. The first-order valence-corrected chi connectivity index (χ1v) is 12.2. The zero-order valence-electron chi connectivity index (χ0n) is 16.8. The monoisotopic (exact) mass is 452 g/mol. The van der Waals surface area contributed by atoms with Crippen LogP contribution in [0.4, 0.5) is 0 Å². The Labute approximate surface area is 179 Å². The van der Waals surface area contributed by atoms with Gasteiger partial charge >= 0.3 is 4.87 Å². The van der Waals surface area contributed by atoms with Crippen LogP contribution in [0.5, 0.6) is 0 Å². The minimum Gasteiger partial charge on any atom is -0.350 e. The minimum absolute atomic E-state index is 0.0468. The third-order valence-electron chi connectivity index (χ3n) is 5.37. The summed E-state index contributed by atoms with van der Waals surface area (Å²) in [5.74, 6) is 1.73. The van der Waals surface area contributed by atoms with Crippen molar-refractivity contribution in [1.29, 1.82) is 0 Å². The average Bonchev–Trinajstić information content (AvgIpc) is 3.04. The van der Waals surface area contributed by atoms with E-state index in [0.717, 1.165) is 30.4 Å². The molecule has 10 heteroatoms. The van der Waals surface area contributed by atoms with E-state index in [4.69, 9.17) is 16.0 Å². The van der Waals surface area contributed by atoms with Crippen molar-refractivity contribution in [3.8, 4) is 12.3 Å². The molecule has 1 aromatic heterocycles. The molecular formula is C20H24N2O6S2. The predicted octanol–water partition coefficient (Wildman–Crippen LogP) is 1.81. The zero-order valence-corrected chi connectivity index (χ0v) is 18.5. The summed E-state index contributed by atoms with van der Waals surface area (Å²) in [5, 5.41) is 0. The molecule has 1 N–H and O–H groups in total. The molecule has 2 atom stereocenters. The normalized spacial score (nSPS) is 19.2. The summed E-state index contributed by atoms with van der Waals surface area (Å²) < 4.78 is 30.7. The molecule has 0 saturated carbocycles. The highest BCUT2D eigenvalue weighted by molar-refractivity contribution is 7.92. The third kappa shape index (κ3) is 4.59. The molecule has 1 aromatic carbocycles. The molecule has 0 radical (unpaired) electrons. The molecule has 1 unspecified atom stereocenters. The van der Waals surface area contributed by atoms with Crippen molar-refractivity contribution in [3.63, 3.8) is 0 Å². The number of sulfone groups is 1. The Morgan fingerprint density at radius 2 is 2.23 bits per heavy atom. The number of benzene rings is 1. The van der Waals surface area contributed by atoms with E-state index in [9.17, 15) is 18.0 Å². The fourth-order valence-corrected chi connectivity index (χ4v) is 4.99. The highest BCUT2D eigenvalue weighted by Crippen LogP contribution is 2.25. The van der Waals surface area contributed by atoms with Gasteiger partial charge in [0.25, 0.3) is 5.91 Å². The number of hydrogen-bond acceptors (Lipinski definition) is 7. The Kier molecular flexibility index (Phi) is 6.67. The topological polar surface area (TPSA) is 104 Å². The van der Waals surface area contributed by atoms with Crippen LogP contribution in [0.25, 0.3) is 10.2 Å². The summed E-state index contributed by atoms with van der Waals surface area (Å²) in [7, 11) is -3.82. The average molecular weight is 453 g/mol. The van der Waals surface area contributed by atoms with E-state index in [1.54, 1.807) is 18.2 Å². The van der Waals surface area contributed by atoms with Gasteiger partial charge in [-0.2, -0.15) is 0 Å². The number of hydroxylamine groups is 1. The van der Waals surface area contributed by atoms with Crippen LogP contribution in [0.15, 0.2) is 23.0 Å². The number of carbonyl (C=O) groups is 1. The standard InChI is InChI=1S/C20H24N2O6S2/c1-4-14-8-9-15-16(13-14)29-19(24)22(15)11-10-20(2,30(3,25)26)18(23)21-28-17-7-5-6-12-27-17/h1,8-9,13,17H,5-7,10-12H2,2-3H3,(H,21,23)/t17?,20-/m1/s1. The van der Waals surface area contributed by atoms with Gasteiger partial charge in [-0.3, -0.25) is 14.2 Å². The number of thiazole rings is 1. The lowest BCUT2D eigenvalue weighted by Crippen LogP contribution is -2.51. The SMILES string of the molecule is C#Cc1ccc2c(c1)sc(=O)n2CC[C@](C)(C(=O)NOC1CCCCO1)S(C)(=O)=O. The smallest absolute Gasteiger partial charge is 0.308 e. The molecule has 30 heavy (non-hydrogen) atoms. The van der Waals surface area contributed by atoms with Crippen LogP contribution in [0.3, 0.4) is 0 Å². The number of fused-ring (bicyclic) bond motifs is 1. The Morgan fingerprint density at radius 1 is 1.47 bits per heavy atom. The fourth-order valence-electron chi connectivity index (χ4n) is 3.19. The van der Waals surface area contributed by atoms with E-state index in [2.05, 4.69) is 11.4 Å². The molecule has 162 valence electrons. The molecule has 2 heterocycles. The highest BCUT2D eigenvalue weighted by atomic mass is 32.2. The number of nitrogens with zero attached hydrogens (tertiary/aromatic N) is 1. The van der Waals surface area contributed by atoms with Gasteiger partial charge in [-0.05, 0) is 44.4 Å². The van der Waals surface area contributed by atoms with Crippen LogP contribution in [0, 0.1) is 12.3 Å². The van der Waals surface area contributed by atoms with E-state index in [1.165, 1.54) is 11.5 Å². The highest BCUT2D eigenvalue weighted by Gasteiger charge is 2.44. The van der Waals surface area contributed by atoms with Crippen LogP contribution >= 0.6 is 11.3 Å². The summed E-state index contributed by atoms with van der Waals surface area (Å²) in [6.45, 7) is 1.91. The van der Waals surface area contributed by atoms with Crippen LogP contribution < -0.4 is 10.4 Å². The van der Waals surface area contributed by atoms with Crippen LogP contribution in [0.2, 0.25) is 0 Å². The summed E-state index contributed by atoms with van der Waals surface area (Å²) in [4.78, 5) is 30.2. The Balaban J connectivity index is 1.79. The Hall–Kier alpha value is -2.19. The number of terminal acetylenes is 1. The van der Waals surface area contributed by atoms with E-state index in [-0.39, 0.29) is 17.8 Å². The molecule has 1 fully saturated rings. The van der Waals surface area contributed by atoms with Gasteiger partial charge in [0.05, 0.1) is 10.2 Å². The van der Waals surface area contributed by atoms with Crippen molar-refractivity contribution in [1.82, 2.24) is 10.0 Å². The molecule has 0 aliphatic carbocycles. The predicted molar refractivity (Wildman–Crippen MR) is 115 cm³/mol. The third-order valence-corrected chi connectivity index (χ3v) is 8.34. The van der Waals surface area contributed by atoms with Crippen molar-refractivity contribution in [2.45, 2.75) is 50.2 Å². The Bertz CT molecular complexity index is 1140. The van der Waals surface area contributed by atoms with E-state index >= 15 is 0 Å². The summed E-state index contributed by atoms with van der Waals surface area (Å²) in [5.41, 5.74) is 3.54. The van der Waals surface area contributed by atoms with E-state index in [0.29, 0.717) is 28.8 Å². The number of carbonyl (C=O) groups excluding carboxylic acids is 1. The van der Waals surface area contributed by atoms with Crippen molar-refractivity contribution in [2.24, 2.45) is 0 Å². The lowest BCUT2D eigenvalue weighted by atomic mass is 10.1. The van der Waals surface area contributed by atoms with Crippen molar-refractivity contribution >= 4 is 37.3 Å². The molecule has 2 aromatic rings. The molecule has 8 nitrogen and oxygen atoms in total. The first-order valence-electron chi connectivity index (χ1n) is 9.53. The molecule has 0 bridgehead atoms. The van der Waals surface area contributed by atoms with Crippen molar-refractivity contribution in [3.05, 3.63) is 33.4 Å². The molecular weight excluding hydrogens is 428 g/mol. The number of aryl methyl sites for hydroxylation is 1. The van der Waals surface area contributed by atoms with Crippen LogP contribution in [-0.4, -0.2) is 42.8 Å². The summed E-state index contributed by atoms with van der Waals surface area (Å²) >= 11 is 1.02. The fraction of sp³-hybridized carbons (Fsp3) is 0.500. The number of hydrogen-bond donors (Lipinski definition) is 1. The first-order chi connectivity index (χ1) is 14.2. The quantitative estimate of drug-likeness (QED) is 0.508.